The number of amides is 2. The second kappa shape index (κ2) is 8.97. The summed E-state index contributed by atoms with van der Waals surface area (Å²) < 4.78 is 0. The summed E-state index contributed by atoms with van der Waals surface area (Å²) >= 11 is 5.88. The van der Waals surface area contributed by atoms with Crippen molar-refractivity contribution in [2.24, 2.45) is 0 Å². The van der Waals surface area contributed by atoms with Gasteiger partial charge in [-0.2, -0.15) is 0 Å². The first-order valence-electron chi connectivity index (χ1n) is 8.58. The number of benzene rings is 2. The molecule has 0 unspecified atom stereocenters. The van der Waals surface area contributed by atoms with E-state index in [-0.39, 0.29) is 11.6 Å². The van der Waals surface area contributed by atoms with Crippen molar-refractivity contribution in [3.05, 3.63) is 100 Å². The number of rotatable bonds is 5. The molecule has 0 aliphatic heterocycles. The van der Waals surface area contributed by atoms with Crippen molar-refractivity contribution in [3.63, 3.8) is 0 Å². The average molecular weight is 392 g/mol. The molecule has 5 nitrogen and oxygen atoms in total. The lowest BCUT2D eigenvalue weighted by atomic mass is 10.1. The van der Waals surface area contributed by atoms with Crippen LogP contribution in [0.4, 0.5) is 5.69 Å². The number of carbonyl (C=O) groups excluding carboxylic acids is 2. The second-order valence-electron chi connectivity index (χ2n) is 6.13. The Morgan fingerprint density at radius 1 is 1.00 bits per heavy atom. The van der Waals surface area contributed by atoms with E-state index < -0.39 is 5.91 Å². The molecule has 0 fully saturated rings. The fraction of sp³-hybridized carbons (Fsp3) is 0.0455. The summed E-state index contributed by atoms with van der Waals surface area (Å²) in [4.78, 5) is 29.4. The molecule has 0 saturated heterocycles. The predicted octanol–water partition coefficient (Wildman–Crippen LogP) is 4.45. The summed E-state index contributed by atoms with van der Waals surface area (Å²) in [6, 6.07) is 17.4. The molecule has 0 atom stereocenters. The summed E-state index contributed by atoms with van der Waals surface area (Å²) in [6.07, 6.45) is 4.81. The Morgan fingerprint density at radius 3 is 2.36 bits per heavy atom. The van der Waals surface area contributed by atoms with Crippen molar-refractivity contribution < 1.29 is 9.59 Å². The summed E-state index contributed by atoms with van der Waals surface area (Å²) in [5.41, 5.74) is 2.86. The van der Waals surface area contributed by atoms with Crippen LogP contribution in [0.1, 0.15) is 21.5 Å². The molecule has 3 rings (SSSR count). The van der Waals surface area contributed by atoms with Crippen LogP contribution < -0.4 is 10.6 Å². The van der Waals surface area contributed by atoms with Crippen LogP contribution in [0, 0.1) is 6.92 Å². The Morgan fingerprint density at radius 2 is 1.71 bits per heavy atom. The minimum Gasteiger partial charge on any atom is -0.321 e. The molecule has 0 saturated carbocycles. The summed E-state index contributed by atoms with van der Waals surface area (Å²) in [6.45, 7) is 1.94. The number of anilines is 1. The summed E-state index contributed by atoms with van der Waals surface area (Å²) in [5.74, 6) is -0.826. The van der Waals surface area contributed by atoms with E-state index in [9.17, 15) is 9.59 Å². The van der Waals surface area contributed by atoms with Gasteiger partial charge in [-0.1, -0.05) is 35.4 Å². The molecule has 2 amide bonds. The zero-order valence-corrected chi connectivity index (χ0v) is 15.9. The van der Waals surface area contributed by atoms with Crippen LogP contribution in [0.5, 0.6) is 0 Å². The van der Waals surface area contributed by atoms with Gasteiger partial charge in [0, 0.05) is 28.7 Å². The number of nitrogens with one attached hydrogen (secondary N) is 2. The van der Waals surface area contributed by atoms with Crippen molar-refractivity contribution in [1.29, 1.82) is 0 Å². The van der Waals surface area contributed by atoms with Gasteiger partial charge in [-0.25, -0.2) is 0 Å². The first kappa shape index (κ1) is 19.3. The number of pyridine rings is 1. The highest BCUT2D eigenvalue weighted by atomic mass is 35.5. The van der Waals surface area contributed by atoms with Crippen LogP contribution in [-0.2, 0) is 4.79 Å². The smallest absolute Gasteiger partial charge is 0.272 e. The van der Waals surface area contributed by atoms with Crippen LogP contribution in [0.25, 0.3) is 6.08 Å². The summed E-state index contributed by atoms with van der Waals surface area (Å²) in [7, 11) is 0. The van der Waals surface area contributed by atoms with Gasteiger partial charge in [0.25, 0.3) is 11.8 Å². The monoisotopic (exact) mass is 391 g/mol. The fourth-order valence-corrected chi connectivity index (χ4v) is 2.54. The van der Waals surface area contributed by atoms with Gasteiger partial charge in [-0.05, 0) is 61.0 Å². The average Bonchev–Trinajstić information content (AvgIpc) is 2.70. The Hall–Kier alpha value is -3.44. The molecule has 0 spiro atoms. The van der Waals surface area contributed by atoms with E-state index in [1.165, 1.54) is 0 Å². The Bertz CT molecular complexity index is 998. The zero-order chi connectivity index (χ0) is 19.9. The van der Waals surface area contributed by atoms with Crippen LogP contribution in [0.2, 0.25) is 5.02 Å². The number of carbonyl (C=O) groups is 2. The number of hydrogen-bond donors (Lipinski definition) is 2. The quantitative estimate of drug-likeness (QED) is 0.631. The topological polar surface area (TPSA) is 71.1 Å². The lowest BCUT2D eigenvalue weighted by Gasteiger charge is -2.11. The Balaban J connectivity index is 1.85. The molecule has 2 N–H and O–H groups in total. The molecule has 2 aromatic carbocycles. The molecule has 140 valence electrons. The van der Waals surface area contributed by atoms with Gasteiger partial charge in [-0.3, -0.25) is 14.6 Å². The number of aryl methyl sites for hydroxylation is 1. The second-order valence-corrected chi connectivity index (χ2v) is 6.56. The minimum absolute atomic E-state index is 0.105. The zero-order valence-electron chi connectivity index (χ0n) is 15.1. The largest absolute Gasteiger partial charge is 0.321 e. The van der Waals surface area contributed by atoms with E-state index >= 15 is 0 Å². The van der Waals surface area contributed by atoms with Gasteiger partial charge < -0.3 is 10.6 Å². The standard InChI is InChI=1S/C22H18ClN3O2/c1-15-4-6-17(7-5-15)21(27)26-20(13-16-3-2-12-24-14-16)22(28)25-19-10-8-18(23)9-11-19/h2-14H,1H3,(H,25,28)(H,26,27)/b20-13+. The normalized spacial score (nSPS) is 11.0. The van der Waals surface area contributed by atoms with Crippen LogP contribution in [0.15, 0.2) is 78.8 Å². The predicted molar refractivity (Wildman–Crippen MR) is 111 cm³/mol. The van der Waals surface area contributed by atoms with Crippen molar-refractivity contribution in [3.8, 4) is 0 Å². The highest BCUT2D eigenvalue weighted by Gasteiger charge is 2.15. The SMILES string of the molecule is Cc1ccc(C(=O)N/C(=C/c2cccnc2)C(=O)Nc2ccc(Cl)cc2)cc1. The molecular weight excluding hydrogens is 374 g/mol. The Kier molecular flexibility index (Phi) is 6.19. The van der Waals surface area contributed by atoms with Gasteiger partial charge in [0.15, 0.2) is 0 Å². The van der Waals surface area contributed by atoms with E-state index in [0.29, 0.717) is 21.8 Å². The van der Waals surface area contributed by atoms with E-state index in [4.69, 9.17) is 11.6 Å². The van der Waals surface area contributed by atoms with Gasteiger partial charge >= 0.3 is 0 Å². The highest BCUT2D eigenvalue weighted by molar-refractivity contribution is 6.30. The van der Waals surface area contributed by atoms with Crippen molar-refractivity contribution in [2.75, 3.05) is 5.32 Å². The third-order valence-electron chi connectivity index (χ3n) is 3.90. The van der Waals surface area contributed by atoms with E-state index in [2.05, 4.69) is 15.6 Å². The molecule has 0 aliphatic rings. The van der Waals surface area contributed by atoms with Gasteiger partial charge in [0.05, 0.1) is 0 Å². The van der Waals surface area contributed by atoms with Crippen LogP contribution >= 0.6 is 11.6 Å². The van der Waals surface area contributed by atoms with Crippen molar-refractivity contribution in [2.45, 2.75) is 6.92 Å². The first-order valence-corrected chi connectivity index (χ1v) is 8.96. The number of aromatic nitrogens is 1. The highest BCUT2D eigenvalue weighted by Crippen LogP contribution is 2.15. The molecule has 28 heavy (non-hydrogen) atoms. The molecule has 0 bridgehead atoms. The van der Waals surface area contributed by atoms with E-state index in [1.807, 2.05) is 19.1 Å². The lowest BCUT2D eigenvalue weighted by molar-refractivity contribution is -0.113. The van der Waals surface area contributed by atoms with E-state index in [1.54, 1.807) is 67.0 Å². The van der Waals surface area contributed by atoms with Gasteiger partial charge in [0.1, 0.15) is 5.70 Å². The minimum atomic E-state index is -0.452. The molecule has 1 heterocycles. The maximum Gasteiger partial charge on any atom is 0.272 e. The van der Waals surface area contributed by atoms with Crippen LogP contribution in [0.3, 0.4) is 0 Å². The van der Waals surface area contributed by atoms with E-state index in [0.717, 1.165) is 5.56 Å². The molecule has 6 heteroatoms. The maximum absolute atomic E-state index is 12.8. The third-order valence-corrected chi connectivity index (χ3v) is 4.16. The van der Waals surface area contributed by atoms with Crippen molar-refractivity contribution >= 4 is 35.2 Å². The fourth-order valence-electron chi connectivity index (χ4n) is 2.42. The molecule has 3 aromatic rings. The van der Waals surface area contributed by atoms with Gasteiger partial charge in [0.2, 0.25) is 0 Å². The van der Waals surface area contributed by atoms with Crippen LogP contribution in [-0.4, -0.2) is 16.8 Å². The summed E-state index contributed by atoms with van der Waals surface area (Å²) in [5, 5.41) is 6.01. The number of halogens is 1. The lowest BCUT2D eigenvalue weighted by Crippen LogP contribution is -2.30. The Labute approximate surface area is 168 Å². The third kappa shape index (κ3) is 5.28. The number of hydrogen-bond acceptors (Lipinski definition) is 3. The van der Waals surface area contributed by atoms with Crippen molar-refractivity contribution in [1.82, 2.24) is 10.3 Å². The molecule has 0 radical (unpaired) electrons. The van der Waals surface area contributed by atoms with Gasteiger partial charge in [-0.15, -0.1) is 0 Å². The number of nitrogens with zero attached hydrogens (tertiary/aromatic N) is 1. The first-order chi connectivity index (χ1) is 13.5. The molecule has 1 aromatic heterocycles. The molecule has 0 aliphatic carbocycles. The molecular formula is C22H18ClN3O2. The maximum atomic E-state index is 12.8.